The second-order valence-corrected chi connectivity index (χ2v) is 5.75. The van der Waals surface area contributed by atoms with Gasteiger partial charge in [-0.1, -0.05) is 12.1 Å². The number of anilines is 1. The minimum absolute atomic E-state index is 0.0334. The van der Waals surface area contributed by atoms with Crippen molar-refractivity contribution in [1.29, 1.82) is 5.26 Å². The number of allylic oxidation sites excluding steroid dienone is 1. The molecule has 0 unspecified atom stereocenters. The number of hydrogen-bond acceptors (Lipinski definition) is 4. The van der Waals surface area contributed by atoms with E-state index >= 15 is 0 Å². The minimum atomic E-state index is -0.425. The zero-order chi connectivity index (χ0) is 15.9. The zero-order valence-corrected chi connectivity index (χ0v) is 12.9. The van der Waals surface area contributed by atoms with Gasteiger partial charge in [0.1, 0.15) is 23.2 Å². The predicted octanol–water partition coefficient (Wildman–Crippen LogP) is 3.39. The summed E-state index contributed by atoms with van der Waals surface area (Å²) in [7, 11) is 0. The lowest BCUT2D eigenvalue weighted by Gasteiger charge is -2.26. The molecule has 1 atom stereocenters. The zero-order valence-electron chi connectivity index (χ0n) is 11.3. The van der Waals surface area contributed by atoms with Crippen LogP contribution < -0.4 is 16.2 Å². The van der Waals surface area contributed by atoms with Gasteiger partial charge >= 0.3 is 0 Å². The number of rotatable bonds is 1. The Morgan fingerprint density at radius 2 is 1.95 bits per heavy atom. The van der Waals surface area contributed by atoms with Gasteiger partial charge in [0.2, 0.25) is 5.88 Å². The largest absolute Gasteiger partial charge is 0.440 e. The van der Waals surface area contributed by atoms with Crippen LogP contribution in [0.5, 0.6) is 5.75 Å². The molecule has 0 bridgehead atoms. The number of fused-ring (bicyclic) bond motifs is 1. The SMILES string of the molecule is N#CC1=C(N)Oc2cc(N)ccc2[C@@H]1c1ccc(F)c(Br)c1. The molecule has 2 aromatic carbocycles. The highest BCUT2D eigenvalue weighted by atomic mass is 79.9. The van der Waals surface area contributed by atoms with E-state index in [1.807, 2.05) is 0 Å². The first-order chi connectivity index (χ1) is 10.5. The number of ether oxygens (including phenoxy) is 1. The van der Waals surface area contributed by atoms with Gasteiger partial charge in [0, 0.05) is 17.3 Å². The summed E-state index contributed by atoms with van der Waals surface area (Å²) < 4.78 is 19.3. The van der Waals surface area contributed by atoms with Crippen LogP contribution in [0, 0.1) is 17.1 Å². The van der Waals surface area contributed by atoms with Crippen molar-refractivity contribution in [2.75, 3.05) is 5.73 Å². The molecule has 0 aromatic heterocycles. The molecule has 4 N–H and O–H groups in total. The maximum Gasteiger partial charge on any atom is 0.205 e. The smallest absolute Gasteiger partial charge is 0.205 e. The van der Waals surface area contributed by atoms with Crippen LogP contribution in [0.2, 0.25) is 0 Å². The Morgan fingerprint density at radius 3 is 2.64 bits per heavy atom. The van der Waals surface area contributed by atoms with Gasteiger partial charge in [-0.3, -0.25) is 0 Å². The molecular formula is C16H11BrFN3O. The van der Waals surface area contributed by atoms with Crippen LogP contribution in [0.15, 0.2) is 52.3 Å². The lowest BCUT2D eigenvalue weighted by Crippen LogP contribution is -2.21. The van der Waals surface area contributed by atoms with Crippen molar-refractivity contribution >= 4 is 21.6 Å². The van der Waals surface area contributed by atoms with Crippen LogP contribution >= 0.6 is 15.9 Å². The fourth-order valence-corrected chi connectivity index (χ4v) is 2.90. The summed E-state index contributed by atoms with van der Waals surface area (Å²) in [6.45, 7) is 0. The second-order valence-electron chi connectivity index (χ2n) is 4.90. The van der Waals surface area contributed by atoms with E-state index in [-0.39, 0.29) is 17.3 Å². The molecule has 1 heterocycles. The summed E-state index contributed by atoms with van der Waals surface area (Å²) in [5, 5.41) is 9.42. The van der Waals surface area contributed by atoms with Crippen molar-refractivity contribution in [3.05, 3.63) is 69.3 Å². The summed E-state index contributed by atoms with van der Waals surface area (Å²) in [6, 6.07) is 11.9. The van der Waals surface area contributed by atoms with Gasteiger partial charge in [-0.2, -0.15) is 5.26 Å². The van der Waals surface area contributed by atoms with E-state index in [4.69, 9.17) is 16.2 Å². The van der Waals surface area contributed by atoms with Crippen molar-refractivity contribution < 1.29 is 9.13 Å². The van der Waals surface area contributed by atoms with Gasteiger partial charge in [0.25, 0.3) is 0 Å². The first kappa shape index (κ1) is 14.4. The van der Waals surface area contributed by atoms with E-state index in [0.29, 0.717) is 15.9 Å². The third kappa shape index (κ3) is 2.30. The average Bonchev–Trinajstić information content (AvgIpc) is 2.48. The monoisotopic (exact) mass is 359 g/mol. The predicted molar refractivity (Wildman–Crippen MR) is 84.3 cm³/mol. The molecule has 0 fully saturated rings. The number of nitrogens with zero attached hydrogens (tertiary/aromatic N) is 1. The van der Waals surface area contributed by atoms with Crippen molar-refractivity contribution in [1.82, 2.24) is 0 Å². The minimum Gasteiger partial charge on any atom is -0.440 e. The number of halogens is 2. The van der Waals surface area contributed by atoms with E-state index < -0.39 is 5.92 Å². The molecule has 0 radical (unpaired) electrons. The van der Waals surface area contributed by atoms with Crippen LogP contribution in [0.3, 0.4) is 0 Å². The molecule has 110 valence electrons. The highest BCUT2D eigenvalue weighted by molar-refractivity contribution is 9.10. The van der Waals surface area contributed by atoms with E-state index in [1.165, 1.54) is 6.07 Å². The van der Waals surface area contributed by atoms with Crippen LogP contribution in [0.4, 0.5) is 10.1 Å². The summed E-state index contributed by atoms with van der Waals surface area (Å²) in [6.07, 6.45) is 0. The Hall–Kier alpha value is -2.52. The standard InChI is InChI=1S/C16H11BrFN3O/c17-12-5-8(1-4-13(12)18)15-10-3-2-9(20)6-14(10)22-16(21)11(15)7-19/h1-6,15H,20-21H2/t15-/m0/s1. The molecule has 0 aliphatic carbocycles. The fraction of sp³-hybridized carbons (Fsp3) is 0.0625. The van der Waals surface area contributed by atoms with E-state index in [9.17, 15) is 9.65 Å². The third-order valence-electron chi connectivity index (χ3n) is 3.52. The maximum absolute atomic E-state index is 13.5. The van der Waals surface area contributed by atoms with Crippen molar-refractivity contribution in [2.45, 2.75) is 5.92 Å². The van der Waals surface area contributed by atoms with E-state index in [0.717, 1.165) is 11.1 Å². The van der Waals surface area contributed by atoms with Crippen molar-refractivity contribution in [2.24, 2.45) is 5.73 Å². The second kappa shape index (κ2) is 5.35. The molecule has 0 saturated carbocycles. The fourth-order valence-electron chi connectivity index (χ4n) is 2.51. The third-order valence-corrected chi connectivity index (χ3v) is 4.13. The Balaban J connectivity index is 2.23. The molecule has 6 heteroatoms. The number of nitriles is 1. The number of benzene rings is 2. The van der Waals surface area contributed by atoms with Crippen LogP contribution in [-0.4, -0.2) is 0 Å². The lowest BCUT2D eigenvalue weighted by atomic mass is 9.83. The molecule has 0 amide bonds. The Bertz CT molecular complexity index is 842. The Labute approximate surface area is 134 Å². The van der Waals surface area contributed by atoms with E-state index in [2.05, 4.69) is 22.0 Å². The van der Waals surface area contributed by atoms with Crippen LogP contribution in [-0.2, 0) is 0 Å². The quantitative estimate of drug-likeness (QED) is 0.764. The number of nitrogens with two attached hydrogens (primary N) is 2. The molecule has 0 spiro atoms. The lowest BCUT2D eigenvalue weighted by molar-refractivity contribution is 0.394. The highest BCUT2D eigenvalue weighted by Gasteiger charge is 2.30. The first-order valence-corrected chi connectivity index (χ1v) is 7.22. The molecule has 1 aliphatic rings. The van der Waals surface area contributed by atoms with Crippen molar-refractivity contribution in [3.8, 4) is 11.8 Å². The average molecular weight is 360 g/mol. The number of hydrogen-bond donors (Lipinski definition) is 2. The topological polar surface area (TPSA) is 85.1 Å². The molecule has 3 rings (SSSR count). The molecule has 1 aliphatic heterocycles. The Morgan fingerprint density at radius 1 is 1.18 bits per heavy atom. The molecule has 2 aromatic rings. The summed E-state index contributed by atoms with van der Waals surface area (Å²) >= 11 is 3.16. The molecular weight excluding hydrogens is 349 g/mol. The summed E-state index contributed by atoms with van der Waals surface area (Å²) in [5.41, 5.74) is 13.9. The van der Waals surface area contributed by atoms with Gasteiger partial charge in [-0.25, -0.2) is 4.39 Å². The molecule has 22 heavy (non-hydrogen) atoms. The van der Waals surface area contributed by atoms with Gasteiger partial charge in [-0.05, 0) is 39.7 Å². The van der Waals surface area contributed by atoms with Gasteiger partial charge in [0.05, 0.1) is 10.4 Å². The first-order valence-electron chi connectivity index (χ1n) is 6.43. The summed E-state index contributed by atoms with van der Waals surface area (Å²) in [4.78, 5) is 0. The highest BCUT2D eigenvalue weighted by Crippen LogP contribution is 2.43. The maximum atomic E-state index is 13.5. The Kier molecular flexibility index (Phi) is 3.51. The van der Waals surface area contributed by atoms with Crippen LogP contribution in [0.1, 0.15) is 17.0 Å². The number of nitrogen functional groups attached to an aromatic ring is 1. The summed E-state index contributed by atoms with van der Waals surface area (Å²) in [5.74, 6) is -0.261. The van der Waals surface area contributed by atoms with Gasteiger partial charge in [0.15, 0.2) is 0 Å². The van der Waals surface area contributed by atoms with Gasteiger partial charge in [-0.15, -0.1) is 0 Å². The molecule has 0 saturated heterocycles. The normalized spacial score (nSPS) is 16.7. The van der Waals surface area contributed by atoms with Gasteiger partial charge < -0.3 is 16.2 Å². The molecule has 4 nitrogen and oxygen atoms in total. The van der Waals surface area contributed by atoms with Crippen molar-refractivity contribution in [3.63, 3.8) is 0 Å². The van der Waals surface area contributed by atoms with Crippen LogP contribution in [0.25, 0.3) is 0 Å². The van der Waals surface area contributed by atoms with E-state index in [1.54, 1.807) is 30.3 Å².